The first-order valence-corrected chi connectivity index (χ1v) is 6.29. The van der Waals surface area contributed by atoms with Gasteiger partial charge in [0, 0.05) is 0 Å². The predicted octanol–water partition coefficient (Wildman–Crippen LogP) is 1.01. The molecule has 0 saturated heterocycles. The van der Waals surface area contributed by atoms with Crippen LogP contribution in [0.25, 0.3) is 0 Å². The van der Waals surface area contributed by atoms with Gasteiger partial charge >= 0.3 is 7.12 Å². The van der Waals surface area contributed by atoms with Crippen LogP contribution in [0.3, 0.4) is 0 Å². The number of benzene rings is 1. The SMILES string of the molecule is CC(C)(C)BC1(c2ccc(B(O)O)cc2)CC1. The molecule has 2 N–H and O–H groups in total. The highest BCUT2D eigenvalue weighted by Gasteiger charge is 2.47. The summed E-state index contributed by atoms with van der Waals surface area (Å²) in [7, 11) is -0.164. The third kappa shape index (κ3) is 2.93. The first-order valence-electron chi connectivity index (χ1n) is 6.29. The molecule has 2 nitrogen and oxygen atoms in total. The third-order valence-electron chi connectivity index (χ3n) is 3.54. The van der Waals surface area contributed by atoms with Gasteiger partial charge in [0.25, 0.3) is 0 Å². The Kier molecular flexibility index (Phi) is 3.13. The first kappa shape index (κ1) is 12.7. The highest BCUT2D eigenvalue weighted by molar-refractivity contribution is 6.58. The minimum absolute atomic E-state index is 0.339. The molecular weight excluding hydrogens is 210 g/mol. The quantitative estimate of drug-likeness (QED) is 0.760. The Labute approximate surface area is 104 Å². The molecule has 0 aliphatic heterocycles. The van der Waals surface area contributed by atoms with Gasteiger partial charge in [0.1, 0.15) is 7.28 Å². The Balaban J connectivity index is 2.17. The molecular formula is C13H20B2O2. The molecule has 0 spiro atoms. The van der Waals surface area contributed by atoms with Crippen LogP contribution in [0.15, 0.2) is 24.3 Å². The van der Waals surface area contributed by atoms with Crippen molar-refractivity contribution in [3.8, 4) is 0 Å². The second-order valence-electron chi connectivity index (χ2n) is 6.51. The summed E-state index contributed by atoms with van der Waals surface area (Å²) in [5.74, 6) is 0. The van der Waals surface area contributed by atoms with Crippen LogP contribution in [0.4, 0.5) is 0 Å². The van der Waals surface area contributed by atoms with Crippen LogP contribution < -0.4 is 5.46 Å². The maximum Gasteiger partial charge on any atom is 0.488 e. The molecule has 1 saturated carbocycles. The molecule has 1 aliphatic rings. The second-order valence-corrected chi connectivity index (χ2v) is 6.51. The van der Waals surface area contributed by atoms with Crippen LogP contribution in [0.5, 0.6) is 0 Å². The van der Waals surface area contributed by atoms with Crippen molar-refractivity contribution in [1.82, 2.24) is 0 Å². The lowest BCUT2D eigenvalue weighted by atomic mass is 9.44. The van der Waals surface area contributed by atoms with Crippen LogP contribution >= 0.6 is 0 Å². The van der Waals surface area contributed by atoms with Gasteiger partial charge in [-0.05, 0) is 16.3 Å². The maximum absolute atomic E-state index is 9.08. The Morgan fingerprint density at radius 3 is 2.00 bits per heavy atom. The van der Waals surface area contributed by atoms with E-state index in [0.29, 0.717) is 16.1 Å². The molecule has 0 unspecified atom stereocenters. The van der Waals surface area contributed by atoms with Crippen LogP contribution in [0, 0.1) is 0 Å². The zero-order valence-corrected chi connectivity index (χ0v) is 10.9. The summed E-state index contributed by atoms with van der Waals surface area (Å²) in [5, 5.41) is 18.8. The van der Waals surface area contributed by atoms with Crippen molar-refractivity contribution in [2.45, 2.75) is 44.2 Å². The van der Waals surface area contributed by atoms with Crippen molar-refractivity contribution >= 4 is 19.9 Å². The van der Waals surface area contributed by atoms with Crippen LogP contribution in [-0.4, -0.2) is 24.4 Å². The summed E-state index contributed by atoms with van der Waals surface area (Å²) >= 11 is 0. The maximum atomic E-state index is 9.08. The predicted molar refractivity (Wildman–Crippen MR) is 74.0 cm³/mol. The molecule has 1 aromatic carbocycles. The monoisotopic (exact) mass is 230 g/mol. The van der Waals surface area contributed by atoms with E-state index in [1.807, 2.05) is 24.3 Å². The highest BCUT2D eigenvalue weighted by Crippen LogP contribution is 2.51. The molecule has 1 aromatic rings. The van der Waals surface area contributed by atoms with Gasteiger partial charge in [-0.2, -0.15) is 0 Å². The van der Waals surface area contributed by atoms with Gasteiger partial charge in [-0.15, -0.1) is 0 Å². The van der Waals surface area contributed by atoms with Gasteiger partial charge in [-0.1, -0.05) is 63.2 Å². The molecule has 0 amide bonds. The fourth-order valence-electron chi connectivity index (χ4n) is 2.74. The van der Waals surface area contributed by atoms with Crippen LogP contribution in [0.1, 0.15) is 39.2 Å². The first-order chi connectivity index (χ1) is 7.82. The molecule has 0 bridgehead atoms. The molecule has 2 rings (SSSR count). The van der Waals surface area contributed by atoms with E-state index in [2.05, 4.69) is 20.8 Å². The van der Waals surface area contributed by atoms with Crippen LogP contribution in [-0.2, 0) is 5.31 Å². The second kappa shape index (κ2) is 4.18. The molecule has 1 fully saturated rings. The van der Waals surface area contributed by atoms with Crippen molar-refractivity contribution < 1.29 is 10.0 Å². The van der Waals surface area contributed by atoms with Crippen molar-refractivity contribution in [2.24, 2.45) is 0 Å². The lowest BCUT2D eigenvalue weighted by molar-refractivity contribution is 0.426. The van der Waals surface area contributed by atoms with E-state index < -0.39 is 7.12 Å². The Morgan fingerprint density at radius 2 is 1.65 bits per heavy atom. The molecule has 0 heterocycles. The summed E-state index contributed by atoms with van der Waals surface area (Å²) in [4.78, 5) is 0. The van der Waals surface area contributed by atoms with Gasteiger partial charge in [0.2, 0.25) is 0 Å². The topological polar surface area (TPSA) is 40.5 Å². The van der Waals surface area contributed by atoms with Crippen LogP contribution in [0.2, 0.25) is 5.31 Å². The summed E-state index contributed by atoms with van der Waals surface area (Å²) in [6.07, 6.45) is 2.51. The van der Waals surface area contributed by atoms with E-state index in [9.17, 15) is 0 Å². The van der Waals surface area contributed by atoms with Crippen molar-refractivity contribution in [1.29, 1.82) is 0 Å². The van der Waals surface area contributed by atoms with Gasteiger partial charge in [0.15, 0.2) is 0 Å². The lowest BCUT2D eigenvalue weighted by Crippen LogP contribution is -2.30. The minimum Gasteiger partial charge on any atom is -0.423 e. The Hall–Kier alpha value is -0.730. The summed E-state index contributed by atoms with van der Waals surface area (Å²) in [6.45, 7) is 6.83. The Bertz CT molecular complexity index is 389. The molecule has 0 aromatic heterocycles. The molecule has 90 valence electrons. The van der Waals surface area contributed by atoms with Gasteiger partial charge in [-0.3, -0.25) is 0 Å². The smallest absolute Gasteiger partial charge is 0.423 e. The molecule has 0 radical (unpaired) electrons. The van der Waals surface area contributed by atoms with Gasteiger partial charge < -0.3 is 10.0 Å². The lowest BCUT2D eigenvalue weighted by Gasteiger charge is -2.24. The van der Waals surface area contributed by atoms with Gasteiger partial charge in [-0.25, -0.2) is 0 Å². The average molecular weight is 230 g/mol. The molecule has 17 heavy (non-hydrogen) atoms. The van der Waals surface area contributed by atoms with E-state index in [-0.39, 0.29) is 0 Å². The minimum atomic E-state index is -1.36. The zero-order chi connectivity index (χ0) is 12.7. The fraction of sp³-hybridized carbons (Fsp3) is 0.538. The summed E-state index contributed by atoms with van der Waals surface area (Å²) in [5.41, 5.74) is 1.91. The van der Waals surface area contributed by atoms with Crippen molar-refractivity contribution in [3.63, 3.8) is 0 Å². The molecule has 4 heteroatoms. The van der Waals surface area contributed by atoms with E-state index in [1.165, 1.54) is 25.7 Å². The zero-order valence-electron chi connectivity index (χ0n) is 10.9. The number of hydrogen-bond donors (Lipinski definition) is 2. The average Bonchev–Trinajstić information content (AvgIpc) is 2.96. The van der Waals surface area contributed by atoms with Crippen molar-refractivity contribution in [2.75, 3.05) is 0 Å². The fourth-order valence-corrected chi connectivity index (χ4v) is 2.74. The van der Waals surface area contributed by atoms with E-state index in [4.69, 9.17) is 10.0 Å². The normalized spacial score (nSPS) is 17.7. The van der Waals surface area contributed by atoms with E-state index in [1.54, 1.807) is 0 Å². The van der Waals surface area contributed by atoms with Gasteiger partial charge in [0.05, 0.1) is 0 Å². The number of hydrogen-bond acceptors (Lipinski definition) is 2. The summed E-state index contributed by atoms with van der Waals surface area (Å²) in [6, 6.07) is 7.74. The molecule has 1 aliphatic carbocycles. The third-order valence-corrected chi connectivity index (χ3v) is 3.54. The standard InChI is InChI=1S/C13H20B2O2/c1-12(2,3)14-13(8-9-13)10-4-6-11(7-5-10)15(16)17/h4-7,14,16-17H,8-9H2,1-3H3. The van der Waals surface area contributed by atoms with E-state index in [0.717, 1.165) is 0 Å². The summed E-state index contributed by atoms with van der Waals surface area (Å²) < 4.78 is 0. The highest BCUT2D eigenvalue weighted by atomic mass is 16.4. The number of rotatable bonds is 3. The molecule has 0 atom stereocenters. The largest absolute Gasteiger partial charge is 0.488 e. The Morgan fingerprint density at radius 1 is 1.12 bits per heavy atom. The van der Waals surface area contributed by atoms with E-state index >= 15 is 0 Å². The van der Waals surface area contributed by atoms with Crippen molar-refractivity contribution in [3.05, 3.63) is 29.8 Å².